The van der Waals surface area contributed by atoms with Crippen LogP contribution in [0.25, 0.3) is 0 Å². The molecular weight excluding hydrogens is 220 g/mol. The van der Waals surface area contributed by atoms with Crippen molar-refractivity contribution in [2.75, 3.05) is 13.6 Å². The minimum atomic E-state index is 0.330. The van der Waals surface area contributed by atoms with Crippen LogP contribution in [0.1, 0.15) is 32.1 Å². The van der Waals surface area contributed by atoms with Crippen LogP contribution in [0.3, 0.4) is 0 Å². The first-order valence-electron chi connectivity index (χ1n) is 7.08. The van der Waals surface area contributed by atoms with E-state index in [4.69, 9.17) is 0 Å². The van der Waals surface area contributed by atoms with E-state index in [0.717, 1.165) is 17.2 Å². The predicted octanol–water partition coefficient (Wildman–Crippen LogP) is 3.09. The minimum absolute atomic E-state index is 0.330. The average Bonchev–Trinajstić information content (AvgIpc) is 3.07. The Bertz CT molecular complexity index is 341. The molecular formula is C16H26N2. The van der Waals surface area contributed by atoms with Gasteiger partial charge >= 0.3 is 0 Å². The Morgan fingerprint density at radius 2 is 2.11 bits per heavy atom. The van der Waals surface area contributed by atoms with Crippen molar-refractivity contribution >= 4 is 0 Å². The van der Waals surface area contributed by atoms with E-state index in [2.05, 4.69) is 37.0 Å². The third-order valence-electron chi connectivity index (χ3n) is 4.26. The van der Waals surface area contributed by atoms with Crippen molar-refractivity contribution < 1.29 is 0 Å². The maximum atomic E-state index is 4.24. The van der Waals surface area contributed by atoms with Crippen LogP contribution in [0.15, 0.2) is 37.1 Å². The van der Waals surface area contributed by atoms with Crippen LogP contribution in [-0.2, 0) is 0 Å². The summed E-state index contributed by atoms with van der Waals surface area (Å²) in [4.78, 5) is 2.39. The molecule has 2 fully saturated rings. The quantitative estimate of drug-likeness (QED) is 0.694. The van der Waals surface area contributed by atoms with Gasteiger partial charge in [-0.3, -0.25) is 4.90 Å². The van der Waals surface area contributed by atoms with Crippen molar-refractivity contribution in [3.8, 4) is 0 Å². The van der Waals surface area contributed by atoms with E-state index >= 15 is 0 Å². The lowest BCUT2D eigenvalue weighted by Gasteiger charge is -2.28. The van der Waals surface area contributed by atoms with E-state index in [1.165, 1.54) is 38.6 Å². The molecule has 0 aromatic rings. The first kappa shape index (κ1) is 13.4. The molecule has 0 aromatic carbocycles. The van der Waals surface area contributed by atoms with E-state index in [0.29, 0.717) is 12.1 Å². The number of nitrogens with zero attached hydrogens (tertiary/aromatic N) is 1. The number of nitrogens with one attached hydrogen (secondary N) is 1. The van der Waals surface area contributed by atoms with Crippen LogP contribution in [0.5, 0.6) is 0 Å². The van der Waals surface area contributed by atoms with Gasteiger partial charge < -0.3 is 5.32 Å². The maximum Gasteiger partial charge on any atom is 0.0507 e. The molecule has 0 amide bonds. The molecule has 2 rings (SSSR count). The lowest BCUT2D eigenvalue weighted by molar-refractivity contribution is 0.328. The van der Waals surface area contributed by atoms with Gasteiger partial charge in [0.05, 0.1) is 6.04 Å². The zero-order chi connectivity index (χ0) is 13.1. The molecule has 0 spiro atoms. The maximum absolute atomic E-state index is 4.24. The first-order valence-corrected chi connectivity index (χ1v) is 7.08. The number of likely N-dealkylation sites (tertiary alicyclic amines) is 1. The summed E-state index contributed by atoms with van der Waals surface area (Å²) >= 11 is 0. The molecule has 1 aliphatic carbocycles. The summed E-state index contributed by atoms with van der Waals surface area (Å²) in [6.07, 6.45) is 8.30. The second kappa shape index (κ2) is 5.75. The zero-order valence-electron chi connectivity index (χ0n) is 11.6. The molecule has 2 unspecified atom stereocenters. The van der Waals surface area contributed by atoms with Gasteiger partial charge in [-0.2, -0.15) is 0 Å². The summed E-state index contributed by atoms with van der Waals surface area (Å²) in [6, 6.07) is 0.820. The molecule has 1 heterocycles. The molecule has 1 N–H and O–H groups in total. The largest absolute Gasteiger partial charge is 0.381 e. The number of rotatable bonds is 7. The smallest absolute Gasteiger partial charge is 0.0507 e. The minimum Gasteiger partial charge on any atom is -0.381 e. The van der Waals surface area contributed by atoms with Gasteiger partial charge in [-0.05, 0) is 44.3 Å². The summed E-state index contributed by atoms with van der Waals surface area (Å²) < 4.78 is 0. The molecule has 2 atom stereocenters. The van der Waals surface area contributed by atoms with E-state index in [9.17, 15) is 0 Å². The average molecular weight is 246 g/mol. The topological polar surface area (TPSA) is 15.3 Å². The Labute approximate surface area is 111 Å². The van der Waals surface area contributed by atoms with Gasteiger partial charge in [-0.15, -0.1) is 0 Å². The highest BCUT2D eigenvalue weighted by molar-refractivity contribution is 5.22. The van der Waals surface area contributed by atoms with Crippen molar-refractivity contribution in [1.29, 1.82) is 0 Å². The molecule has 1 saturated carbocycles. The molecule has 2 aliphatic rings. The van der Waals surface area contributed by atoms with Crippen molar-refractivity contribution in [2.45, 2.75) is 44.2 Å². The van der Waals surface area contributed by atoms with Gasteiger partial charge in [-0.25, -0.2) is 0 Å². The molecule has 2 nitrogen and oxygen atoms in total. The Hall–Kier alpha value is -1.02. The fraction of sp³-hybridized carbons (Fsp3) is 0.625. The number of likely N-dealkylation sites (N-methyl/N-ethyl adjacent to an activating group) is 1. The van der Waals surface area contributed by atoms with Crippen molar-refractivity contribution in [3.05, 3.63) is 37.1 Å². The highest BCUT2D eigenvalue weighted by Gasteiger charge is 2.29. The second-order valence-electron chi connectivity index (χ2n) is 5.82. The van der Waals surface area contributed by atoms with Crippen LogP contribution in [-0.4, -0.2) is 30.6 Å². The lowest BCUT2D eigenvalue weighted by Crippen LogP contribution is -2.38. The Morgan fingerprint density at radius 1 is 1.39 bits per heavy atom. The molecule has 100 valence electrons. The summed E-state index contributed by atoms with van der Waals surface area (Å²) in [5.74, 6) is 0.883. The van der Waals surface area contributed by atoms with E-state index < -0.39 is 0 Å². The summed E-state index contributed by atoms with van der Waals surface area (Å²) in [5, 5.41) is 3.60. The van der Waals surface area contributed by atoms with Gasteiger partial charge in [0, 0.05) is 11.7 Å². The SMILES string of the molecule is C=CC(=C)C(CC1CC1)NC(=C)C1CCCN1C. The van der Waals surface area contributed by atoms with Gasteiger partial charge in [0.15, 0.2) is 0 Å². The van der Waals surface area contributed by atoms with Crippen molar-refractivity contribution in [1.82, 2.24) is 10.2 Å². The Kier molecular flexibility index (Phi) is 4.28. The van der Waals surface area contributed by atoms with Gasteiger partial charge in [0.25, 0.3) is 0 Å². The highest BCUT2D eigenvalue weighted by atomic mass is 15.2. The Morgan fingerprint density at radius 3 is 2.61 bits per heavy atom. The van der Waals surface area contributed by atoms with Gasteiger partial charge in [-0.1, -0.05) is 38.7 Å². The summed E-state index contributed by atoms with van der Waals surface area (Å²) in [5.41, 5.74) is 2.26. The Balaban J connectivity index is 1.92. The van der Waals surface area contributed by atoms with Crippen LogP contribution in [0, 0.1) is 5.92 Å². The van der Waals surface area contributed by atoms with Crippen molar-refractivity contribution in [3.63, 3.8) is 0 Å². The first-order chi connectivity index (χ1) is 8.61. The molecule has 1 aliphatic heterocycles. The zero-order valence-corrected chi connectivity index (χ0v) is 11.6. The number of hydrogen-bond acceptors (Lipinski definition) is 2. The van der Waals surface area contributed by atoms with Crippen molar-refractivity contribution in [2.24, 2.45) is 5.92 Å². The van der Waals surface area contributed by atoms with Crippen LogP contribution in [0.2, 0.25) is 0 Å². The van der Waals surface area contributed by atoms with Crippen LogP contribution < -0.4 is 5.32 Å². The second-order valence-corrected chi connectivity index (χ2v) is 5.82. The fourth-order valence-corrected chi connectivity index (χ4v) is 2.80. The fourth-order valence-electron chi connectivity index (χ4n) is 2.80. The summed E-state index contributed by atoms with van der Waals surface area (Å²) in [7, 11) is 2.18. The molecule has 0 radical (unpaired) electrons. The number of hydrogen-bond donors (Lipinski definition) is 1. The molecule has 2 heteroatoms. The van der Waals surface area contributed by atoms with E-state index in [-0.39, 0.29) is 0 Å². The molecule has 0 aromatic heterocycles. The standard InChI is InChI=1S/C16H26N2/c1-5-12(2)15(11-14-8-9-14)17-13(3)16-7-6-10-18(16)4/h5,14-17H,1-3,6-11H2,4H3. The van der Waals surface area contributed by atoms with E-state index in [1.807, 2.05) is 6.08 Å². The van der Waals surface area contributed by atoms with Crippen LogP contribution in [0.4, 0.5) is 0 Å². The third-order valence-corrected chi connectivity index (χ3v) is 4.26. The van der Waals surface area contributed by atoms with E-state index in [1.54, 1.807) is 0 Å². The predicted molar refractivity (Wildman–Crippen MR) is 78.4 cm³/mol. The molecule has 0 bridgehead atoms. The normalized spacial score (nSPS) is 25.7. The third kappa shape index (κ3) is 3.26. The summed E-state index contributed by atoms with van der Waals surface area (Å²) in [6.45, 7) is 13.4. The monoisotopic (exact) mass is 246 g/mol. The molecule has 1 saturated heterocycles. The highest BCUT2D eigenvalue weighted by Crippen LogP contribution is 2.35. The molecule has 18 heavy (non-hydrogen) atoms. The van der Waals surface area contributed by atoms with Gasteiger partial charge in [0.2, 0.25) is 0 Å². The lowest BCUT2D eigenvalue weighted by atomic mass is 10.0. The van der Waals surface area contributed by atoms with Crippen LogP contribution >= 0.6 is 0 Å². The van der Waals surface area contributed by atoms with Gasteiger partial charge in [0.1, 0.15) is 0 Å².